The molecule has 1 aromatic carbocycles. The monoisotopic (exact) mass is 393 g/mol. The van der Waals surface area contributed by atoms with E-state index >= 15 is 0 Å². The van der Waals surface area contributed by atoms with Crippen molar-refractivity contribution in [2.24, 2.45) is 0 Å². The highest BCUT2D eigenvalue weighted by Crippen LogP contribution is 2.29. The van der Waals surface area contributed by atoms with Crippen molar-refractivity contribution in [1.29, 1.82) is 5.26 Å². The Bertz CT molecular complexity index is 610. The Morgan fingerprint density at radius 1 is 1.27 bits per heavy atom. The number of hydrogen-bond acceptors (Lipinski definition) is 4. The first kappa shape index (κ1) is 17.1. The van der Waals surface area contributed by atoms with Gasteiger partial charge in [0.05, 0.1) is 5.56 Å². The number of halogens is 4. The molecule has 1 saturated heterocycles. The third-order valence-corrected chi connectivity index (χ3v) is 4.73. The molecular formula is C13H11BrF3N3OS. The molecular weight excluding hydrogens is 383 g/mol. The lowest BCUT2D eigenvalue weighted by molar-refractivity contribution is -0.186. The molecule has 1 amide bonds. The maximum atomic E-state index is 12.4. The third kappa shape index (κ3) is 4.15. The van der Waals surface area contributed by atoms with Crippen molar-refractivity contribution in [3.63, 3.8) is 0 Å². The number of piperazine rings is 1. The van der Waals surface area contributed by atoms with Gasteiger partial charge in [0.15, 0.2) is 0 Å². The standard InChI is InChI=1S/C13H11BrF3N3OS/c14-10-1-2-11(9(7-10)8-18)22-20-5-3-19(4-6-20)12(21)13(15,16)17/h1-2,7H,3-6H2. The van der Waals surface area contributed by atoms with Crippen molar-refractivity contribution < 1.29 is 18.0 Å². The average Bonchev–Trinajstić information content (AvgIpc) is 2.48. The minimum Gasteiger partial charge on any atom is -0.332 e. The van der Waals surface area contributed by atoms with Gasteiger partial charge in [-0.25, -0.2) is 4.31 Å². The Morgan fingerprint density at radius 2 is 1.91 bits per heavy atom. The molecule has 0 radical (unpaired) electrons. The lowest BCUT2D eigenvalue weighted by Gasteiger charge is -2.34. The zero-order valence-corrected chi connectivity index (χ0v) is 13.6. The van der Waals surface area contributed by atoms with Crippen molar-refractivity contribution in [1.82, 2.24) is 9.21 Å². The summed E-state index contributed by atoms with van der Waals surface area (Å²) < 4.78 is 39.7. The molecule has 1 aliphatic rings. The summed E-state index contributed by atoms with van der Waals surface area (Å²) in [6, 6.07) is 7.34. The molecule has 1 fully saturated rings. The van der Waals surface area contributed by atoms with E-state index in [4.69, 9.17) is 5.26 Å². The highest BCUT2D eigenvalue weighted by Gasteiger charge is 2.43. The summed E-state index contributed by atoms with van der Waals surface area (Å²) in [5.74, 6) is -1.79. The Balaban J connectivity index is 1.96. The lowest BCUT2D eigenvalue weighted by Crippen LogP contribution is -2.50. The fraction of sp³-hybridized carbons (Fsp3) is 0.385. The van der Waals surface area contributed by atoms with Crippen LogP contribution in [-0.4, -0.2) is 47.5 Å². The van der Waals surface area contributed by atoms with Crippen LogP contribution in [0, 0.1) is 11.3 Å². The predicted octanol–water partition coefficient (Wildman–Crippen LogP) is 3.03. The van der Waals surface area contributed by atoms with Gasteiger partial charge < -0.3 is 4.90 Å². The minimum absolute atomic E-state index is 0.0176. The second kappa shape index (κ2) is 6.89. The van der Waals surface area contributed by atoms with Crippen LogP contribution in [0.1, 0.15) is 5.56 Å². The van der Waals surface area contributed by atoms with E-state index in [1.807, 2.05) is 4.31 Å². The number of carbonyl (C=O) groups excluding carboxylic acids is 1. The molecule has 0 aliphatic carbocycles. The second-order valence-corrected chi connectivity index (χ2v) is 6.62. The molecule has 4 nitrogen and oxygen atoms in total. The number of rotatable bonds is 2. The molecule has 22 heavy (non-hydrogen) atoms. The van der Waals surface area contributed by atoms with Gasteiger partial charge in [-0.15, -0.1) is 0 Å². The molecule has 0 unspecified atom stereocenters. The summed E-state index contributed by atoms with van der Waals surface area (Å²) in [5.41, 5.74) is 0.494. The first-order valence-electron chi connectivity index (χ1n) is 6.30. The molecule has 1 aliphatic heterocycles. The highest BCUT2D eigenvalue weighted by atomic mass is 79.9. The second-order valence-electron chi connectivity index (χ2n) is 4.56. The van der Waals surface area contributed by atoms with E-state index in [2.05, 4.69) is 22.0 Å². The molecule has 0 N–H and O–H groups in total. The number of benzene rings is 1. The smallest absolute Gasteiger partial charge is 0.332 e. The van der Waals surface area contributed by atoms with Crippen molar-refractivity contribution in [3.05, 3.63) is 28.2 Å². The van der Waals surface area contributed by atoms with Crippen molar-refractivity contribution >= 4 is 33.8 Å². The largest absolute Gasteiger partial charge is 0.471 e. The normalized spacial score (nSPS) is 16.4. The maximum Gasteiger partial charge on any atom is 0.471 e. The molecule has 0 saturated carbocycles. The van der Waals surface area contributed by atoms with E-state index in [0.29, 0.717) is 18.7 Å². The predicted molar refractivity (Wildman–Crippen MR) is 78.9 cm³/mol. The van der Waals surface area contributed by atoms with Crippen molar-refractivity contribution in [2.75, 3.05) is 26.2 Å². The number of amides is 1. The van der Waals surface area contributed by atoms with Gasteiger partial charge >= 0.3 is 12.1 Å². The van der Waals surface area contributed by atoms with Gasteiger partial charge in [-0.3, -0.25) is 4.79 Å². The number of carbonyl (C=O) groups is 1. The summed E-state index contributed by atoms with van der Waals surface area (Å²) in [6.07, 6.45) is -4.82. The summed E-state index contributed by atoms with van der Waals surface area (Å²) in [5, 5.41) is 9.10. The lowest BCUT2D eigenvalue weighted by atomic mass is 10.2. The van der Waals surface area contributed by atoms with E-state index < -0.39 is 12.1 Å². The topological polar surface area (TPSA) is 47.3 Å². The fourth-order valence-electron chi connectivity index (χ4n) is 1.97. The summed E-state index contributed by atoms with van der Waals surface area (Å²) in [4.78, 5) is 12.7. The number of hydrogen-bond donors (Lipinski definition) is 0. The summed E-state index contributed by atoms with van der Waals surface area (Å²) in [7, 11) is 0. The zero-order chi connectivity index (χ0) is 16.3. The molecule has 0 bridgehead atoms. The van der Waals surface area contributed by atoms with Crippen LogP contribution < -0.4 is 0 Å². The number of nitriles is 1. The molecule has 118 valence electrons. The van der Waals surface area contributed by atoms with Crippen LogP contribution in [0.25, 0.3) is 0 Å². The van der Waals surface area contributed by atoms with Gasteiger partial charge in [0.1, 0.15) is 6.07 Å². The molecule has 1 aromatic rings. The van der Waals surface area contributed by atoms with Gasteiger partial charge in [-0.05, 0) is 30.1 Å². The van der Waals surface area contributed by atoms with E-state index in [-0.39, 0.29) is 13.1 Å². The van der Waals surface area contributed by atoms with Crippen LogP contribution in [0.4, 0.5) is 13.2 Å². The Kier molecular flexibility index (Phi) is 5.36. The van der Waals surface area contributed by atoms with Crippen LogP contribution in [0.2, 0.25) is 0 Å². The summed E-state index contributed by atoms with van der Waals surface area (Å²) >= 11 is 4.60. The van der Waals surface area contributed by atoms with Gasteiger partial charge in [0.2, 0.25) is 0 Å². The maximum absolute atomic E-state index is 12.4. The number of alkyl halides is 3. The molecule has 9 heteroatoms. The molecule has 1 heterocycles. The first-order chi connectivity index (χ1) is 10.3. The van der Waals surface area contributed by atoms with Crippen molar-refractivity contribution in [3.8, 4) is 6.07 Å². The quantitative estimate of drug-likeness (QED) is 0.724. The zero-order valence-electron chi connectivity index (χ0n) is 11.2. The average molecular weight is 394 g/mol. The third-order valence-electron chi connectivity index (χ3n) is 3.06. The van der Waals surface area contributed by atoms with Crippen LogP contribution in [-0.2, 0) is 4.79 Å². The first-order valence-corrected chi connectivity index (χ1v) is 7.86. The number of nitrogens with zero attached hydrogens (tertiary/aromatic N) is 3. The van der Waals surface area contributed by atoms with E-state index in [9.17, 15) is 18.0 Å². The van der Waals surface area contributed by atoms with Gasteiger partial charge in [-0.1, -0.05) is 15.9 Å². The van der Waals surface area contributed by atoms with Gasteiger partial charge in [-0.2, -0.15) is 18.4 Å². The summed E-state index contributed by atoms with van der Waals surface area (Å²) in [6.45, 7) is 0.661. The van der Waals surface area contributed by atoms with Gasteiger partial charge in [0.25, 0.3) is 0 Å². The SMILES string of the molecule is N#Cc1cc(Br)ccc1SN1CCN(C(=O)C(F)(F)F)CC1. The van der Waals surface area contributed by atoms with Crippen LogP contribution in [0.5, 0.6) is 0 Å². The van der Waals surface area contributed by atoms with E-state index in [1.165, 1.54) is 11.9 Å². The van der Waals surface area contributed by atoms with Crippen molar-refractivity contribution in [2.45, 2.75) is 11.1 Å². The Morgan fingerprint density at radius 3 is 2.45 bits per heavy atom. The highest BCUT2D eigenvalue weighted by molar-refractivity contribution is 9.10. The van der Waals surface area contributed by atoms with Crippen LogP contribution in [0.3, 0.4) is 0 Å². The van der Waals surface area contributed by atoms with Crippen LogP contribution >= 0.6 is 27.9 Å². The minimum atomic E-state index is -4.82. The van der Waals surface area contributed by atoms with Crippen LogP contribution in [0.15, 0.2) is 27.6 Å². The fourth-order valence-corrected chi connectivity index (χ4v) is 3.29. The van der Waals surface area contributed by atoms with E-state index in [1.54, 1.807) is 18.2 Å². The molecule has 0 atom stereocenters. The molecule has 0 spiro atoms. The Labute approximate surface area is 138 Å². The molecule has 2 rings (SSSR count). The molecule has 0 aromatic heterocycles. The van der Waals surface area contributed by atoms with Gasteiger partial charge in [0, 0.05) is 35.5 Å². The van der Waals surface area contributed by atoms with E-state index in [0.717, 1.165) is 14.3 Å². The Hall–Kier alpha value is -1.24.